The van der Waals surface area contributed by atoms with Gasteiger partial charge in [-0.25, -0.2) is 0 Å². The molecule has 2 aromatic rings. The molecule has 0 heterocycles. The molecular formula is C23H26O5. The van der Waals surface area contributed by atoms with Gasteiger partial charge in [0.1, 0.15) is 12.2 Å². The average molecular weight is 382 g/mol. The van der Waals surface area contributed by atoms with Crippen LogP contribution in [0.25, 0.3) is 0 Å². The van der Waals surface area contributed by atoms with Gasteiger partial charge in [-0.3, -0.25) is 14.4 Å². The van der Waals surface area contributed by atoms with E-state index in [1.54, 1.807) is 13.8 Å². The van der Waals surface area contributed by atoms with Crippen molar-refractivity contribution >= 4 is 17.7 Å². The fourth-order valence-corrected chi connectivity index (χ4v) is 3.84. The molecule has 2 aromatic carbocycles. The third-order valence-corrected chi connectivity index (χ3v) is 5.39. The Balaban J connectivity index is 2.57. The smallest absolute Gasteiger partial charge is 0.310 e. The summed E-state index contributed by atoms with van der Waals surface area (Å²) in [5.74, 6) is -4.21. The van der Waals surface area contributed by atoms with Crippen molar-refractivity contribution in [2.45, 2.75) is 33.1 Å². The molecule has 2 rings (SSSR count). The van der Waals surface area contributed by atoms with Crippen LogP contribution in [0.5, 0.6) is 0 Å². The first-order valence-corrected chi connectivity index (χ1v) is 9.33. The maximum atomic E-state index is 13.0. The molecule has 0 radical (unpaired) electrons. The maximum absolute atomic E-state index is 13.0. The Kier molecular flexibility index (Phi) is 7.10. The van der Waals surface area contributed by atoms with Crippen molar-refractivity contribution in [3.05, 3.63) is 71.8 Å². The van der Waals surface area contributed by atoms with Crippen LogP contribution in [0.4, 0.5) is 0 Å². The van der Waals surface area contributed by atoms with Gasteiger partial charge in [0.15, 0.2) is 0 Å². The zero-order chi connectivity index (χ0) is 20.7. The Morgan fingerprint density at radius 1 is 0.857 bits per heavy atom. The zero-order valence-corrected chi connectivity index (χ0v) is 16.2. The van der Waals surface area contributed by atoms with Gasteiger partial charge >= 0.3 is 11.9 Å². The number of benzene rings is 2. The number of rotatable bonds is 10. The predicted octanol–water partition coefficient (Wildman–Crippen LogP) is 3.86. The van der Waals surface area contributed by atoms with E-state index in [1.165, 1.54) is 0 Å². The predicted molar refractivity (Wildman–Crippen MR) is 106 cm³/mol. The number of carbonyl (C=O) groups is 3. The lowest BCUT2D eigenvalue weighted by Crippen LogP contribution is -2.49. The molecule has 0 amide bonds. The van der Waals surface area contributed by atoms with E-state index in [9.17, 15) is 19.5 Å². The molecule has 0 saturated heterocycles. The van der Waals surface area contributed by atoms with Crippen molar-refractivity contribution in [3.8, 4) is 0 Å². The average Bonchev–Trinajstić information content (AvgIpc) is 2.65. The lowest BCUT2D eigenvalue weighted by molar-refractivity contribution is -0.161. The van der Waals surface area contributed by atoms with Crippen molar-refractivity contribution in [1.82, 2.24) is 0 Å². The topological polar surface area (TPSA) is 91.7 Å². The third kappa shape index (κ3) is 4.85. The molecule has 5 heteroatoms. The molecule has 2 N–H and O–H groups in total. The number of carbonyl (C=O) groups excluding carboxylic acids is 1. The van der Waals surface area contributed by atoms with Gasteiger partial charge in [0.25, 0.3) is 0 Å². The number of hydrogen-bond donors (Lipinski definition) is 2. The lowest BCUT2D eigenvalue weighted by Gasteiger charge is -2.40. The molecule has 0 aromatic heterocycles. The van der Waals surface area contributed by atoms with E-state index in [4.69, 9.17) is 5.11 Å². The Labute approximate surface area is 165 Å². The van der Waals surface area contributed by atoms with Crippen molar-refractivity contribution in [1.29, 1.82) is 0 Å². The van der Waals surface area contributed by atoms with Gasteiger partial charge in [-0.05, 0) is 29.9 Å². The van der Waals surface area contributed by atoms with Crippen LogP contribution in [0.2, 0.25) is 0 Å². The fraction of sp³-hybridized carbons (Fsp3) is 0.348. The monoisotopic (exact) mass is 382 g/mol. The highest BCUT2D eigenvalue weighted by atomic mass is 16.4. The Morgan fingerprint density at radius 2 is 1.36 bits per heavy atom. The third-order valence-electron chi connectivity index (χ3n) is 5.39. The molecular weight excluding hydrogens is 356 g/mol. The SMILES string of the molecule is CC(C)[C@](Cc1ccccc1)(C(=O)O)C(Cc1ccccc1)C(=O)CC(=O)O. The first kappa shape index (κ1) is 21.4. The van der Waals surface area contributed by atoms with Crippen LogP contribution in [0.15, 0.2) is 60.7 Å². The molecule has 0 saturated carbocycles. The Bertz CT molecular complexity index is 813. The molecule has 0 spiro atoms. The number of ketones is 1. The molecule has 0 aliphatic heterocycles. The van der Waals surface area contributed by atoms with Gasteiger partial charge in [-0.1, -0.05) is 74.5 Å². The van der Waals surface area contributed by atoms with Gasteiger partial charge in [0.2, 0.25) is 0 Å². The van der Waals surface area contributed by atoms with Crippen molar-refractivity contribution < 1.29 is 24.6 Å². The highest BCUT2D eigenvalue weighted by Gasteiger charge is 2.51. The molecule has 148 valence electrons. The molecule has 0 fully saturated rings. The maximum Gasteiger partial charge on any atom is 0.310 e. The summed E-state index contributed by atoms with van der Waals surface area (Å²) < 4.78 is 0. The summed E-state index contributed by atoms with van der Waals surface area (Å²) in [4.78, 5) is 36.8. The summed E-state index contributed by atoms with van der Waals surface area (Å²) in [6, 6.07) is 18.3. The second-order valence-electron chi connectivity index (χ2n) is 7.44. The van der Waals surface area contributed by atoms with Crippen molar-refractivity contribution in [2.75, 3.05) is 0 Å². The van der Waals surface area contributed by atoms with E-state index in [0.717, 1.165) is 11.1 Å². The number of hydrogen-bond acceptors (Lipinski definition) is 3. The summed E-state index contributed by atoms with van der Waals surface area (Å²) in [6.45, 7) is 3.56. The molecule has 5 nitrogen and oxygen atoms in total. The van der Waals surface area contributed by atoms with Crippen LogP contribution < -0.4 is 0 Å². The van der Waals surface area contributed by atoms with Crippen LogP contribution in [-0.4, -0.2) is 27.9 Å². The molecule has 2 atom stereocenters. The number of aliphatic carboxylic acids is 2. The van der Waals surface area contributed by atoms with Gasteiger partial charge in [0.05, 0.1) is 5.41 Å². The minimum atomic E-state index is -1.41. The van der Waals surface area contributed by atoms with Crippen LogP contribution in [-0.2, 0) is 27.2 Å². The summed E-state index contributed by atoms with van der Waals surface area (Å²) in [5, 5.41) is 19.5. The van der Waals surface area contributed by atoms with Crippen molar-refractivity contribution in [3.63, 3.8) is 0 Å². The van der Waals surface area contributed by atoms with E-state index < -0.39 is 35.5 Å². The normalized spacial score (nSPS) is 14.2. The number of carboxylic acids is 2. The zero-order valence-electron chi connectivity index (χ0n) is 16.2. The first-order valence-electron chi connectivity index (χ1n) is 9.33. The number of Topliss-reactive ketones (excluding diaryl/α,β-unsaturated/α-hetero) is 1. The molecule has 0 bridgehead atoms. The van der Waals surface area contributed by atoms with E-state index in [0.29, 0.717) is 0 Å². The Morgan fingerprint density at radius 3 is 1.79 bits per heavy atom. The summed E-state index contributed by atoms with van der Waals surface area (Å²) in [6.07, 6.45) is -0.345. The quantitative estimate of drug-likeness (QED) is 0.609. The minimum absolute atomic E-state index is 0.156. The lowest BCUT2D eigenvalue weighted by atomic mass is 9.61. The minimum Gasteiger partial charge on any atom is -0.481 e. The fourth-order valence-electron chi connectivity index (χ4n) is 3.84. The second-order valence-corrected chi connectivity index (χ2v) is 7.44. The summed E-state index contributed by atoms with van der Waals surface area (Å²) in [7, 11) is 0. The van der Waals surface area contributed by atoms with Gasteiger partial charge in [0, 0.05) is 5.92 Å². The summed E-state index contributed by atoms with van der Waals surface area (Å²) >= 11 is 0. The van der Waals surface area contributed by atoms with Crippen LogP contribution in [0.1, 0.15) is 31.4 Å². The highest BCUT2D eigenvalue weighted by molar-refractivity contribution is 5.99. The van der Waals surface area contributed by atoms with Crippen LogP contribution >= 0.6 is 0 Å². The van der Waals surface area contributed by atoms with Gasteiger partial charge in [-0.15, -0.1) is 0 Å². The van der Waals surface area contributed by atoms with E-state index in [1.807, 2.05) is 60.7 Å². The molecule has 28 heavy (non-hydrogen) atoms. The standard InChI is InChI=1S/C23H26O5/c1-16(2)23(22(27)28,15-18-11-7-4-8-12-18)19(20(24)14-21(25)26)13-17-9-5-3-6-10-17/h3-12,16,19H,13-15H2,1-2H3,(H,25,26)(H,27,28)/t19?,23-/m0/s1. The van der Waals surface area contributed by atoms with Crippen molar-refractivity contribution in [2.24, 2.45) is 17.3 Å². The van der Waals surface area contributed by atoms with E-state index >= 15 is 0 Å². The van der Waals surface area contributed by atoms with Gasteiger partial charge in [-0.2, -0.15) is 0 Å². The van der Waals surface area contributed by atoms with Crippen LogP contribution in [0.3, 0.4) is 0 Å². The molecule has 1 unspecified atom stereocenters. The molecule has 0 aliphatic rings. The Hall–Kier alpha value is -2.95. The van der Waals surface area contributed by atoms with E-state index in [-0.39, 0.29) is 18.8 Å². The second kappa shape index (κ2) is 9.31. The largest absolute Gasteiger partial charge is 0.481 e. The van der Waals surface area contributed by atoms with Crippen LogP contribution in [0, 0.1) is 17.3 Å². The summed E-state index contributed by atoms with van der Waals surface area (Å²) in [5.41, 5.74) is 0.203. The van der Waals surface area contributed by atoms with E-state index in [2.05, 4.69) is 0 Å². The first-order chi connectivity index (χ1) is 13.3. The van der Waals surface area contributed by atoms with Gasteiger partial charge < -0.3 is 10.2 Å². The molecule has 0 aliphatic carbocycles. The number of carboxylic acid groups (broad SMARTS) is 2. The highest BCUT2D eigenvalue weighted by Crippen LogP contribution is 2.42.